The van der Waals surface area contributed by atoms with E-state index in [4.69, 9.17) is 13.8 Å². The zero-order chi connectivity index (χ0) is 39.6. The minimum Gasteiger partial charge on any atom is -0.463 e. The molecule has 0 radical (unpaired) electrons. The Morgan fingerprint density at radius 2 is 1.02 bits per heavy atom. The van der Waals surface area contributed by atoms with Crippen LogP contribution in [0.3, 0.4) is 0 Å². The lowest BCUT2D eigenvalue weighted by Crippen LogP contribution is -2.27. The number of allylic oxidation sites excluding steroid dienone is 10. The zero-order valence-corrected chi connectivity index (χ0v) is 35.0. The molecule has 0 bridgehead atoms. The summed E-state index contributed by atoms with van der Waals surface area (Å²) in [4.78, 5) is 33.8. The molecule has 9 nitrogen and oxygen atoms in total. The van der Waals surface area contributed by atoms with Crippen LogP contribution in [-0.4, -0.2) is 54.3 Å². The number of phosphoric ester groups is 1. The molecule has 0 heterocycles. The molecular weight excluding hydrogens is 701 g/mol. The average molecular weight is 780 g/mol. The minimum atomic E-state index is -4.43. The Hall–Kier alpha value is -2.29. The molecule has 0 aliphatic carbocycles. The highest BCUT2D eigenvalue weighted by molar-refractivity contribution is 7.47. The number of carbonyl (C=O) groups excluding carboxylic acids is 2. The summed E-state index contributed by atoms with van der Waals surface area (Å²) in [5, 5.41) is 12.7. The van der Waals surface area contributed by atoms with Crippen molar-refractivity contribution in [2.75, 3.05) is 26.4 Å². The highest BCUT2D eigenvalue weighted by atomic mass is 31.2. The first kappa shape index (κ1) is 51.7. The van der Waals surface area contributed by atoms with E-state index in [-0.39, 0.29) is 32.1 Å². The van der Waals surface area contributed by atoms with Crippen molar-refractivity contribution >= 4 is 19.7 Å². The molecule has 0 aliphatic rings. The maximum Gasteiger partial charge on any atom is 0.472 e. The van der Waals surface area contributed by atoms with E-state index in [0.29, 0.717) is 12.8 Å². The van der Waals surface area contributed by atoms with Gasteiger partial charge in [-0.2, -0.15) is 0 Å². The number of unbranched alkanes of at least 4 members (excludes halogenated alkanes) is 16. The van der Waals surface area contributed by atoms with E-state index in [9.17, 15) is 24.2 Å². The summed E-state index contributed by atoms with van der Waals surface area (Å²) >= 11 is 0. The van der Waals surface area contributed by atoms with Gasteiger partial charge in [-0.1, -0.05) is 145 Å². The lowest BCUT2D eigenvalue weighted by molar-refractivity contribution is -0.147. The first-order valence-electron chi connectivity index (χ1n) is 21.3. The molecule has 0 aliphatic heterocycles. The first-order valence-corrected chi connectivity index (χ1v) is 22.8. The second-order valence-electron chi connectivity index (χ2n) is 14.0. The van der Waals surface area contributed by atoms with Crippen molar-refractivity contribution in [1.29, 1.82) is 0 Å². The van der Waals surface area contributed by atoms with Crippen LogP contribution in [0.2, 0.25) is 0 Å². The second kappa shape index (κ2) is 40.4. The molecule has 2 atom stereocenters. The van der Waals surface area contributed by atoms with Gasteiger partial charge in [0.15, 0.2) is 0 Å². The summed E-state index contributed by atoms with van der Waals surface area (Å²) in [7, 11) is -4.43. The van der Waals surface area contributed by atoms with E-state index in [1.807, 2.05) is 6.08 Å². The van der Waals surface area contributed by atoms with Gasteiger partial charge in [0, 0.05) is 19.4 Å². The van der Waals surface area contributed by atoms with Gasteiger partial charge in [-0.05, 0) is 77.0 Å². The summed E-state index contributed by atoms with van der Waals surface area (Å²) in [6, 6.07) is 0. The smallest absolute Gasteiger partial charge is 0.463 e. The quantitative estimate of drug-likeness (QED) is 0.0243. The Kier molecular flexibility index (Phi) is 38.7. The van der Waals surface area contributed by atoms with Crippen LogP contribution < -0.4 is 5.32 Å². The van der Waals surface area contributed by atoms with Crippen LogP contribution in [0.1, 0.15) is 174 Å². The topological polar surface area (TPSA) is 131 Å². The predicted octanol–water partition coefficient (Wildman–Crippen LogP) is 11.7. The van der Waals surface area contributed by atoms with Gasteiger partial charge in [-0.15, -0.1) is 0 Å². The van der Waals surface area contributed by atoms with Gasteiger partial charge in [0.05, 0.1) is 13.2 Å². The fraction of sp³-hybridized carbons (Fsp3) is 0.727. The molecular formula is C44H78NO8P. The van der Waals surface area contributed by atoms with Crippen molar-refractivity contribution in [3.05, 3.63) is 60.8 Å². The molecule has 0 rings (SSSR count). The van der Waals surface area contributed by atoms with E-state index in [1.165, 1.54) is 83.5 Å². The third-order valence-corrected chi connectivity index (χ3v) is 9.65. The number of aliphatic hydroxyl groups is 1. The summed E-state index contributed by atoms with van der Waals surface area (Å²) < 4.78 is 26.8. The van der Waals surface area contributed by atoms with Gasteiger partial charge in [0.25, 0.3) is 0 Å². The fourth-order valence-corrected chi connectivity index (χ4v) is 6.18. The molecule has 2 unspecified atom stereocenters. The average Bonchev–Trinajstić information content (AvgIpc) is 3.16. The molecule has 312 valence electrons. The maximum atomic E-state index is 12.1. The Morgan fingerprint density at radius 3 is 1.59 bits per heavy atom. The molecule has 0 aromatic rings. The minimum absolute atomic E-state index is 0.0686. The lowest BCUT2D eigenvalue weighted by Gasteiger charge is -2.15. The molecule has 3 N–H and O–H groups in total. The molecule has 0 aromatic carbocycles. The van der Waals surface area contributed by atoms with Gasteiger partial charge >= 0.3 is 13.8 Å². The molecule has 0 spiro atoms. The van der Waals surface area contributed by atoms with Crippen LogP contribution in [0, 0.1) is 0 Å². The fourth-order valence-electron chi connectivity index (χ4n) is 5.43. The number of hydrogen-bond donors (Lipinski definition) is 3. The summed E-state index contributed by atoms with van der Waals surface area (Å²) in [6.07, 6.45) is 47.2. The summed E-state index contributed by atoms with van der Waals surface area (Å²) in [5.74, 6) is -0.585. The van der Waals surface area contributed by atoms with Crippen LogP contribution >= 0.6 is 7.82 Å². The zero-order valence-electron chi connectivity index (χ0n) is 34.1. The van der Waals surface area contributed by atoms with Gasteiger partial charge in [-0.3, -0.25) is 18.6 Å². The van der Waals surface area contributed by atoms with Crippen LogP contribution in [0.25, 0.3) is 0 Å². The number of amides is 1. The third-order valence-electron chi connectivity index (χ3n) is 8.67. The van der Waals surface area contributed by atoms with Crippen LogP contribution in [0.15, 0.2) is 60.8 Å². The van der Waals surface area contributed by atoms with Crippen molar-refractivity contribution in [2.24, 2.45) is 0 Å². The molecule has 1 amide bonds. The SMILES string of the molecule is CCCCC/C=C\C/C=C\C/C=C\C/C=C\CCCC(=O)OCC(O)COP(=O)(O)OCCNC(=O)CCCCCCC/C=C\CCCCCCCCC. The third kappa shape index (κ3) is 40.9. The Bertz CT molecular complexity index is 1070. The van der Waals surface area contributed by atoms with Gasteiger partial charge < -0.3 is 20.1 Å². The molecule has 10 heteroatoms. The number of carbonyl (C=O) groups is 2. The number of nitrogens with one attached hydrogen (secondary N) is 1. The Balaban J connectivity index is 3.70. The van der Waals surface area contributed by atoms with Gasteiger partial charge in [0.2, 0.25) is 5.91 Å². The largest absolute Gasteiger partial charge is 0.472 e. The molecule has 0 saturated heterocycles. The van der Waals surface area contributed by atoms with Crippen molar-refractivity contribution in [2.45, 2.75) is 180 Å². The Morgan fingerprint density at radius 1 is 0.574 bits per heavy atom. The van der Waals surface area contributed by atoms with Crippen molar-refractivity contribution < 1.29 is 37.9 Å². The number of esters is 1. The molecule has 0 fully saturated rings. The van der Waals surface area contributed by atoms with E-state index in [2.05, 4.69) is 73.8 Å². The monoisotopic (exact) mass is 780 g/mol. The number of rotatable bonds is 39. The number of ether oxygens (including phenoxy) is 1. The first-order chi connectivity index (χ1) is 26.3. The van der Waals surface area contributed by atoms with Crippen LogP contribution in [0.5, 0.6) is 0 Å². The molecule has 0 aromatic heterocycles. The standard InChI is InChI=1S/C44H78NO8P/c1-3-5-7-9-11-13-15-17-19-21-23-25-27-29-31-33-35-37-44(48)51-40-42(46)41-53-54(49,50)52-39-38-45-43(47)36-34-32-30-28-26-24-22-20-18-16-14-12-10-8-6-4-2/h11,13,17,19-20,22-23,25,29,31,42,46H,3-10,12,14-16,18,21,24,26-28,30,32-41H2,1-2H3,(H,45,47)(H,49,50)/b13-11-,19-17-,22-20-,25-23-,31-29-. The van der Waals surface area contributed by atoms with E-state index in [1.54, 1.807) is 0 Å². The van der Waals surface area contributed by atoms with E-state index in [0.717, 1.165) is 57.8 Å². The van der Waals surface area contributed by atoms with Crippen LogP contribution in [-0.2, 0) is 27.9 Å². The Labute approximate surface area is 329 Å². The van der Waals surface area contributed by atoms with Crippen molar-refractivity contribution in [1.82, 2.24) is 5.32 Å². The molecule has 0 saturated carbocycles. The summed E-state index contributed by atoms with van der Waals surface area (Å²) in [6.45, 7) is 3.44. The number of aliphatic hydroxyl groups excluding tert-OH is 1. The van der Waals surface area contributed by atoms with E-state index >= 15 is 0 Å². The van der Waals surface area contributed by atoms with E-state index < -0.39 is 26.5 Å². The summed E-state index contributed by atoms with van der Waals surface area (Å²) in [5.41, 5.74) is 0. The van der Waals surface area contributed by atoms with Crippen molar-refractivity contribution in [3.63, 3.8) is 0 Å². The lowest BCUT2D eigenvalue weighted by atomic mass is 10.1. The van der Waals surface area contributed by atoms with Gasteiger partial charge in [-0.25, -0.2) is 4.57 Å². The predicted molar refractivity (Wildman–Crippen MR) is 224 cm³/mol. The van der Waals surface area contributed by atoms with Gasteiger partial charge in [0.1, 0.15) is 12.7 Å². The highest BCUT2D eigenvalue weighted by Gasteiger charge is 2.23. The highest BCUT2D eigenvalue weighted by Crippen LogP contribution is 2.42. The molecule has 54 heavy (non-hydrogen) atoms. The van der Waals surface area contributed by atoms with Crippen molar-refractivity contribution in [3.8, 4) is 0 Å². The normalized spacial score (nSPS) is 13.9. The number of phosphoric acid groups is 1. The van der Waals surface area contributed by atoms with Crippen LogP contribution in [0.4, 0.5) is 0 Å². The second-order valence-corrected chi connectivity index (χ2v) is 15.4. The maximum absolute atomic E-state index is 12.1. The number of hydrogen-bond acceptors (Lipinski definition) is 7.